The summed E-state index contributed by atoms with van der Waals surface area (Å²) in [6.07, 6.45) is -0.532. The number of hydrogen-bond donors (Lipinski definition) is 2. The minimum Gasteiger partial charge on any atom is -0.494 e. The second kappa shape index (κ2) is 9.77. The van der Waals surface area contributed by atoms with Crippen LogP contribution in [0.25, 0.3) is 0 Å². The van der Waals surface area contributed by atoms with E-state index in [0.29, 0.717) is 41.3 Å². The lowest BCUT2D eigenvalue weighted by Gasteiger charge is -2.14. The molecule has 156 valence electrons. The van der Waals surface area contributed by atoms with Crippen LogP contribution < -0.4 is 10.1 Å². The van der Waals surface area contributed by atoms with Crippen LogP contribution in [0, 0.1) is 6.92 Å². The first-order chi connectivity index (χ1) is 13.8. The lowest BCUT2D eigenvalue weighted by atomic mass is 10.1. The van der Waals surface area contributed by atoms with Gasteiger partial charge in [-0.3, -0.25) is 4.79 Å². The van der Waals surface area contributed by atoms with Crippen molar-refractivity contribution in [3.05, 3.63) is 46.8 Å². The number of aromatic nitrogens is 1. The minimum absolute atomic E-state index is 0.128. The van der Waals surface area contributed by atoms with Crippen molar-refractivity contribution in [3.63, 3.8) is 0 Å². The summed E-state index contributed by atoms with van der Waals surface area (Å²) in [5.74, 6) is -1.03. The van der Waals surface area contributed by atoms with Gasteiger partial charge in [0.2, 0.25) is 0 Å². The maximum atomic E-state index is 12.5. The summed E-state index contributed by atoms with van der Waals surface area (Å²) < 4.78 is 15.4. The monoisotopic (exact) mass is 402 g/mol. The van der Waals surface area contributed by atoms with Crippen molar-refractivity contribution >= 4 is 23.5 Å². The summed E-state index contributed by atoms with van der Waals surface area (Å²) in [5.41, 5.74) is 2.00. The van der Waals surface area contributed by atoms with Gasteiger partial charge < -0.3 is 24.5 Å². The molecule has 0 fully saturated rings. The third-order valence-electron chi connectivity index (χ3n) is 4.36. The topological polar surface area (TPSA) is 107 Å². The zero-order valence-electron chi connectivity index (χ0n) is 17.3. The van der Waals surface area contributed by atoms with Crippen molar-refractivity contribution in [1.82, 2.24) is 4.98 Å². The Balaban J connectivity index is 2.07. The summed E-state index contributed by atoms with van der Waals surface area (Å²) in [5, 5.41) is 2.68. The van der Waals surface area contributed by atoms with Crippen molar-refractivity contribution in [1.29, 1.82) is 0 Å². The molecule has 0 spiro atoms. The number of H-pyrrole nitrogens is 1. The number of aromatic amines is 1. The summed E-state index contributed by atoms with van der Waals surface area (Å²) >= 11 is 0. The Morgan fingerprint density at radius 3 is 2.31 bits per heavy atom. The lowest BCUT2D eigenvalue weighted by molar-refractivity contribution is -0.123. The molecule has 8 nitrogen and oxygen atoms in total. The van der Waals surface area contributed by atoms with Crippen molar-refractivity contribution in [2.45, 2.75) is 40.2 Å². The number of esters is 2. The molecule has 0 saturated heterocycles. The Labute approximate surface area is 169 Å². The number of carbonyl (C=O) groups excluding carboxylic acids is 3. The average Bonchev–Trinajstić information content (AvgIpc) is 3.05. The molecule has 8 heteroatoms. The Hall–Kier alpha value is -3.29. The Bertz CT molecular complexity index is 885. The van der Waals surface area contributed by atoms with Crippen molar-refractivity contribution < 1.29 is 28.6 Å². The lowest BCUT2D eigenvalue weighted by Crippen LogP contribution is -2.30. The fourth-order valence-corrected chi connectivity index (χ4v) is 2.82. The molecule has 2 rings (SSSR count). The molecule has 1 aromatic carbocycles. The summed E-state index contributed by atoms with van der Waals surface area (Å²) in [6, 6.07) is 6.86. The molecule has 1 heterocycles. The number of carbonyl (C=O) groups is 3. The van der Waals surface area contributed by atoms with Gasteiger partial charge in [0.25, 0.3) is 5.91 Å². The van der Waals surface area contributed by atoms with E-state index < -0.39 is 23.9 Å². The predicted molar refractivity (Wildman–Crippen MR) is 107 cm³/mol. The van der Waals surface area contributed by atoms with Crippen molar-refractivity contribution in [2.75, 3.05) is 19.0 Å². The van der Waals surface area contributed by atoms with Gasteiger partial charge in [0.1, 0.15) is 11.4 Å². The number of hydrogen-bond acceptors (Lipinski definition) is 6. The maximum absolute atomic E-state index is 12.5. The number of rotatable bonds is 8. The Morgan fingerprint density at radius 1 is 1.10 bits per heavy atom. The predicted octanol–water partition coefficient (Wildman–Crippen LogP) is 3.25. The molecule has 1 aromatic heterocycles. The summed E-state index contributed by atoms with van der Waals surface area (Å²) in [4.78, 5) is 39.8. The fraction of sp³-hybridized carbons (Fsp3) is 0.381. The zero-order chi connectivity index (χ0) is 21.6. The highest BCUT2D eigenvalue weighted by Crippen LogP contribution is 2.21. The van der Waals surface area contributed by atoms with Gasteiger partial charge in [0.05, 0.1) is 19.3 Å². The van der Waals surface area contributed by atoms with Gasteiger partial charge in [-0.05, 0) is 57.0 Å². The molecule has 2 N–H and O–H groups in total. The Morgan fingerprint density at radius 2 is 1.76 bits per heavy atom. The number of nitrogens with one attached hydrogen (secondary N) is 2. The van der Waals surface area contributed by atoms with Crippen LogP contribution in [-0.4, -0.2) is 42.7 Å². The van der Waals surface area contributed by atoms with Gasteiger partial charge >= 0.3 is 11.9 Å². The highest BCUT2D eigenvalue weighted by Gasteiger charge is 2.27. The van der Waals surface area contributed by atoms with Crippen LogP contribution in [-0.2, 0) is 20.7 Å². The molecule has 29 heavy (non-hydrogen) atoms. The van der Waals surface area contributed by atoms with Crippen LogP contribution in [0.1, 0.15) is 52.9 Å². The molecular weight excluding hydrogens is 376 g/mol. The number of ether oxygens (including phenoxy) is 3. The molecule has 1 amide bonds. The van der Waals surface area contributed by atoms with Crippen LogP contribution in [0.15, 0.2) is 24.3 Å². The molecule has 0 saturated carbocycles. The SMILES string of the molecule is CCOc1ccc(NC(=O)C(C)OC(=O)c2[nH]c(CC)c(C(=O)OC)c2C)cc1. The van der Waals surface area contributed by atoms with E-state index in [2.05, 4.69) is 10.3 Å². The van der Waals surface area contributed by atoms with Gasteiger partial charge in [-0.2, -0.15) is 0 Å². The summed E-state index contributed by atoms with van der Waals surface area (Å²) in [6.45, 7) is 7.38. The van der Waals surface area contributed by atoms with Crippen LogP contribution in [0.2, 0.25) is 0 Å². The van der Waals surface area contributed by atoms with E-state index in [-0.39, 0.29) is 5.69 Å². The van der Waals surface area contributed by atoms with E-state index in [1.807, 2.05) is 13.8 Å². The smallest absolute Gasteiger partial charge is 0.355 e. The maximum Gasteiger partial charge on any atom is 0.355 e. The number of anilines is 1. The quantitative estimate of drug-likeness (QED) is 0.657. The van der Waals surface area contributed by atoms with Crippen LogP contribution in [0.5, 0.6) is 5.75 Å². The van der Waals surface area contributed by atoms with E-state index >= 15 is 0 Å². The highest BCUT2D eigenvalue weighted by molar-refractivity contribution is 6.00. The number of benzene rings is 1. The third-order valence-corrected chi connectivity index (χ3v) is 4.36. The highest BCUT2D eigenvalue weighted by atomic mass is 16.5. The second-order valence-electron chi connectivity index (χ2n) is 6.32. The first kappa shape index (κ1) is 22.0. The van der Waals surface area contributed by atoms with E-state index in [9.17, 15) is 14.4 Å². The summed E-state index contributed by atoms with van der Waals surface area (Å²) in [7, 11) is 1.28. The molecule has 0 aliphatic heterocycles. The number of amides is 1. The van der Waals surface area contributed by atoms with Crippen molar-refractivity contribution in [3.8, 4) is 5.75 Å². The van der Waals surface area contributed by atoms with Gasteiger partial charge in [-0.15, -0.1) is 0 Å². The van der Waals surface area contributed by atoms with Crippen LogP contribution in [0.3, 0.4) is 0 Å². The van der Waals surface area contributed by atoms with Gasteiger partial charge in [0, 0.05) is 11.4 Å². The van der Waals surface area contributed by atoms with E-state index in [4.69, 9.17) is 14.2 Å². The first-order valence-electron chi connectivity index (χ1n) is 9.36. The second-order valence-corrected chi connectivity index (χ2v) is 6.32. The molecule has 0 aliphatic carbocycles. The van der Waals surface area contributed by atoms with Gasteiger partial charge in [-0.1, -0.05) is 6.92 Å². The van der Waals surface area contributed by atoms with Gasteiger partial charge in [-0.25, -0.2) is 9.59 Å². The van der Waals surface area contributed by atoms with Crippen LogP contribution >= 0.6 is 0 Å². The normalized spacial score (nSPS) is 11.5. The first-order valence-corrected chi connectivity index (χ1v) is 9.36. The standard InChI is InChI=1S/C21H26N2O6/c1-6-16-17(20(25)27-5)12(3)18(23-16)21(26)29-13(4)19(24)22-14-8-10-15(11-9-14)28-7-2/h8-11,13,23H,6-7H2,1-5H3,(H,22,24). The largest absolute Gasteiger partial charge is 0.494 e. The zero-order valence-corrected chi connectivity index (χ0v) is 17.3. The molecule has 0 aliphatic rings. The van der Waals surface area contributed by atoms with Gasteiger partial charge in [0.15, 0.2) is 6.10 Å². The molecule has 0 bridgehead atoms. The third kappa shape index (κ3) is 5.16. The number of methoxy groups -OCH3 is 1. The van der Waals surface area contributed by atoms with Crippen LogP contribution in [0.4, 0.5) is 5.69 Å². The molecule has 1 unspecified atom stereocenters. The molecular formula is C21H26N2O6. The molecule has 1 atom stereocenters. The Kier molecular flexibility index (Phi) is 7.41. The molecule has 0 radical (unpaired) electrons. The molecule has 2 aromatic rings. The fourth-order valence-electron chi connectivity index (χ4n) is 2.82. The average molecular weight is 402 g/mol. The number of aryl methyl sites for hydroxylation is 1. The minimum atomic E-state index is -1.04. The van der Waals surface area contributed by atoms with Crippen molar-refractivity contribution in [2.24, 2.45) is 0 Å². The van der Waals surface area contributed by atoms with E-state index in [1.165, 1.54) is 14.0 Å². The van der Waals surface area contributed by atoms with E-state index in [0.717, 1.165) is 0 Å². The van der Waals surface area contributed by atoms with E-state index in [1.54, 1.807) is 31.2 Å².